The predicted octanol–water partition coefficient (Wildman–Crippen LogP) is 3.75. The van der Waals surface area contributed by atoms with Crippen molar-refractivity contribution in [3.63, 3.8) is 0 Å². The number of rotatable bonds is 10. The highest BCUT2D eigenvalue weighted by Crippen LogP contribution is 2.27. The summed E-state index contributed by atoms with van der Waals surface area (Å²) >= 11 is -1.78. The number of benzene rings is 1. The lowest BCUT2D eigenvalue weighted by atomic mass is 10.2. The molecule has 13 heteroatoms. The first kappa shape index (κ1) is 25.6. The Hall–Kier alpha value is -3.03. The number of hydrogen-bond acceptors (Lipinski definition) is 8. The Morgan fingerprint density at radius 2 is 1.94 bits per heavy atom. The summed E-state index contributed by atoms with van der Waals surface area (Å²) < 4.78 is 71.9. The number of fused-ring (bicyclic) bond motifs is 1. The van der Waals surface area contributed by atoms with E-state index in [0.29, 0.717) is 16.6 Å². The molecule has 184 valence electrons. The van der Waals surface area contributed by atoms with E-state index in [4.69, 9.17) is 18.9 Å². The maximum Gasteiger partial charge on any atom is 0.510 e. The Labute approximate surface area is 196 Å². The largest absolute Gasteiger partial charge is 0.609 e. The number of halogens is 3. The van der Waals surface area contributed by atoms with Gasteiger partial charge in [0, 0.05) is 30.0 Å². The van der Waals surface area contributed by atoms with Crippen LogP contribution in [0, 0.1) is 6.92 Å². The monoisotopic (exact) mass is 501 g/mol. The minimum absolute atomic E-state index is 0.00466. The van der Waals surface area contributed by atoms with E-state index in [1.54, 1.807) is 24.3 Å². The van der Waals surface area contributed by atoms with Crippen LogP contribution in [0.3, 0.4) is 0 Å². The zero-order chi connectivity index (χ0) is 24.7. The van der Waals surface area contributed by atoms with Gasteiger partial charge in [-0.1, -0.05) is 12.1 Å². The molecular formula is C21H22F3N3O6S. The van der Waals surface area contributed by atoms with Crippen LogP contribution in [0.2, 0.25) is 0 Å². The number of alkyl halides is 3. The number of carbonyl (C=O) groups excluding carboxylic acids is 1. The van der Waals surface area contributed by atoms with Crippen molar-refractivity contribution >= 4 is 28.4 Å². The molecule has 2 aromatic heterocycles. The van der Waals surface area contributed by atoms with E-state index in [0.717, 1.165) is 0 Å². The van der Waals surface area contributed by atoms with Gasteiger partial charge in [-0.15, -0.1) is 0 Å². The van der Waals surface area contributed by atoms with Crippen molar-refractivity contribution in [2.45, 2.75) is 30.7 Å². The number of para-hydroxylation sites is 2. The Morgan fingerprint density at radius 1 is 1.18 bits per heavy atom. The molecule has 1 aromatic carbocycles. The molecule has 9 nitrogen and oxygen atoms in total. The molecule has 1 atom stereocenters. The highest BCUT2D eigenvalue weighted by molar-refractivity contribution is 7.90. The lowest BCUT2D eigenvalue weighted by Crippen LogP contribution is -2.20. The molecule has 0 N–H and O–H groups in total. The van der Waals surface area contributed by atoms with E-state index >= 15 is 0 Å². The maximum atomic E-state index is 13.2. The maximum absolute atomic E-state index is 13.2. The van der Waals surface area contributed by atoms with Crippen LogP contribution in [0.5, 0.6) is 5.75 Å². The van der Waals surface area contributed by atoms with Gasteiger partial charge in [0.1, 0.15) is 12.4 Å². The molecule has 0 amide bonds. The molecule has 0 saturated heterocycles. The van der Waals surface area contributed by atoms with Crippen LogP contribution in [0.15, 0.2) is 41.7 Å². The Kier molecular flexibility index (Phi) is 8.58. The number of ether oxygens (including phenoxy) is 4. The van der Waals surface area contributed by atoms with Crippen LogP contribution >= 0.6 is 0 Å². The van der Waals surface area contributed by atoms with Crippen LogP contribution in [-0.4, -0.2) is 58.3 Å². The first-order valence-corrected chi connectivity index (χ1v) is 11.3. The van der Waals surface area contributed by atoms with Crippen molar-refractivity contribution in [1.82, 2.24) is 14.5 Å². The zero-order valence-electron chi connectivity index (χ0n) is 18.3. The second kappa shape index (κ2) is 11.4. The minimum Gasteiger partial charge on any atom is -0.609 e. The average Bonchev–Trinajstić information content (AvgIpc) is 3.16. The quantitative estimate of drug-likeness (QED) is 0.235. The SMILES string of the molecule is COCCOC(=O)OCn1c([S@+]([O-])Cc2nccc(OCC(F)(F)F)c2C)nc2ccccc21. The fraction of sp³-hybridized carbons (Fsp3) is 0.381. The highest BCUT2D eigenvalue weighted by atomic mass is 32.2. The Balaban J connectivity index is 1.79. The van der Waals surface area contributed by atoms with Crippen molar-refractivity contribution in [2.24, 2.45) is 0 Å². The van der Waals surface area contributed by atoms with E-state index in [9.17, 15) is 22.5 Å². The molecule has 34 heavy (non-hydrogen) atoms. The van der Waals surface area contributed by atoms with Crippen LogP contribution in [-0.2, 0) is 37.9 Å². The molecule has 0 radical (unpaired) electrons. The van der Waals surface area contributed by atoms with Crippen LogP contribution < -0.4 is 4.74 Å². The fourth-order valence-corrected chi connectivity index (χ4v) is 4.19. The number of nitrogens with zero attached hydrogens (tertiary/aromatic N) is 3. The van der Waals surface area contributed by atoms with Crippen molar-refractivity contribution in [2.75, 3.05) is 26.9 Å². The number of methoxy groups -OCH3 is 1. The summed E-state index contributed by atoms with van der Waals surface area (Å²) in [7, 11) is 1.46. The summed E-state index contributed by atoms with van der Waals surface area (Å²) in [6.45, 7) is -0.0111. The summed E-state index contributed by atoms with van der Waals surface area (Å²) in [6, 6.07) is 8.23. The molecule has 0 aliphatic carbocycles. The van der Waals surface area contributed by atoms with Crippen molar-refractivity contribution < 1.29 is 41.5 Å². The second-order valence-corrected chi connectivity index (χ2v) is 8.30. The van der Waals surface area contributed by atoms with Crippen molar-refractivity contribution in [3.05, 3.63) is 47.8 Å². The number of carbonyl (C=O) groups is 1. The molecule has 0 fully saturated rings. The molecule has 3 aromatic rings. The molecule has 0 bridgehead atoms. The van der Waals surface area contributed by atoms with Gasteiger partial charge in [0.25, 0.3) is 0 Å². The molecule has 0 unspecified atom stereocenters. The molecule has 2 heterocycles. The Bertz CT molecular complexity index is 1120. The van der Waals surface area contributed by atoms with Gasteiger partial charge in [-0.2, -0.15) is 18.2 Å². The number of imidazole rings is 1. The van der Waals surface area contributed by atoms with Gasteiger partial charge in [-0.3, -0.25) is 4.98 Å². The van der Waals surface area contributed by atoms with Crippen molar-refractivity contribution in [1.29, 1.82) is 0 Å². The lowest BCUT2D eigenvalue weighted by molar-refractivity contribution is -0.153. The first-order valence-electron chi connectivity index (χ1n) is 9.95. The standard InChI is InChI=1S/C21H22F3N3O6S/c1-14-16(25-8-7-18(14)32-12-21(22,23)24)11-34(29)19-26-15-5-3-4-6-17(15)27(19)13-33-20(28)31-10-9-30-2/h3-8H,9-13H2,1-2H3/t34-/m1/s1. The van der Waals surface area contributed by atoms with E-state index in [2.05, 4.69) is 9.97 Å². The van der Waals surface area contributed by atoms with Crippen molar-refractivity contribution in [3.8, 4) is 5.75 Å². The van der Waals surface area contributed by atoms with E-state index in [-0.39, 0.29) is 42.3 Å². The van der Waals surface area contributed by atoms with Crippen LogP contribution in [0.1, 0.15) is 11.3 Å². The third-order valence-corrected chi connectivity index (χ3v) is 5.81. The normalized spacial score (nSPS) is 12.5. The highest BCUT2D eigenvalue weighted by Gasteiger charge is 2.29. The average molecular weight is 501 g/mol. The van der Waals surface area contributed by atoms with Gasteiger partial charge in [0.05, 0.1) is 23.3 Å². The topological polar surface area (TPSA) is 108 Å². The zero-order valence-corrected chi connectivity index (χ0v) is 19.1. The minimum atomic E-state index is -4.49. The summed E-state index contributed by atoms with van der Waals surface area (Å²) in [5.74, 6) is -0.147. The summed E-state index contributed by atoms with van der Waals surface area (Å²) in [5, 5.41) is 0.105. The summed E-state index contributed by atoms with van der Waals surface area (Å²) in [5.41, 5.74) is 1.72. The van der Waals surface area contributed by atoms with E-state index in [1.807, 2.05) is 0 Å². The third-order valence-electron chi connectivity index (χ3n) is 4.56. The fourth-order valence-electron chi connectivity index (χ4n) is 2.93. The molecule has 0 aliphatic heterocycles. The van der Waals surface area contributed by atoms with Gasteiger partial charge >= 0.3 is 17.5 Å². The van der Waals surface area contributed by atoms with Gasteiger partial charge < -0.3 is 23.5 Å². The number of pyridine rings is 1. The first-order chi connectivity index (χ1) is 16.2. The molecular weight excluding hydrogens is 479 g/mol. The Morgan fingerprint density at radius 3 is 2.68 bits per heavy atom. The number of hydrogen-bond donors (Lipinski definition) is 0. The molecule has 0 aliphatic rings. The molecule has 3 rings (SSSR count). The third kappa shape index (κ3) is 6.74. The summed E-state index contributed by atoms with van der Waals surface area (Å²) in [4.78, 5) is 20.3. The van der Waals surface area contributed by atoms with Gasteiger partial charge in [0.15, 0.2) is 19.1 Å². The van der Waals surface area contributed by atoms with E-state index in [1.165, 1.54) is 30.9 Å². The van der Waals surface area contributed by atoms with Gasteiger partial charge in [-0.05, 0) is 25.1 Å². The summed E-state index contributed by atoms with van der Waals surface area (Å²) in [6.07, 6.45) is -4.14. The van der Waals surface area contributed by atoms with Gasteiger partial charge in [0.2, 0.25) is 0 Å². The smallest absolute Gasteiger partial charge is 0.510 e. The van der Waals surface area contributed by atoms with Gasteiger partial charge in [-0.25, -0.2) is 9.36 Å². The van der Waals surface area contributed by atoms with Crippen LogP contribution in [0.25, 0.3) is 11.0 Å². The van der Waals surface area contributed by atoms with E-state index < -0.39 is 30.1 Å². The predicted molar refractivity (Wildman–Crippen MR) is 115 cm³/mol. The second-order valence-electron chi connectivity index (χ2n) is 6.95. The van der Waals surface area contributed by atoms with Crippen LogP contribution in [0.4, 0.5) is 18.0 Å². The molecule has 0 saturated carbocycles. The lowest BCUT2D eigenvalue weighted by Gasteiger charge is -2.15. The molecule has 0 spiro atoms. The number of aromatic nitrogens is 3.